The van der Waals surface area contributed by atoms with Crippen LogP contribution in [0, 0.1) is 0 Å². The second kappa shape index (κ2) is 12.0. The van der Waals surface area contributed by atoms with Gasteiger partial charge in [-0.3, -0.25) is 4.99 Å². The van der Waals surface area contributed by atoms with E-state index in [0.29, 0.717) is 6.61 Å². The van der Waals surface area contributed by atoms with Crippen LogP contribution in [0.4, 0.5) is 0 Å². The predicted octanol–water partition coefficient (Wildman–Crippen LogP) is 3.93. The van der Waals surface area contributed by atoms with Gasteiger partial charge in [-0.1, -0.05) is 37.6 Å². The molecule has 31 heavy (non-hydrogen) atoms. The van der Waals surface area contributed by atoms with Crippen molar-refractivity contribution >= 4 is 41.5 Å². The van der Waals surface area contributed by atoms with Gasteiger partial charge in [0.05, 0.1) is 6.54 Å². The highest BCUT2D eigenvalue weighted by atomic mass is 127. The molecule has 0 amide bonds. The fourth-order valence-corrected chi connectivity index (χ4v) is 4.25. The summed E-state index contributed by atoms with van der Waals surface area (Å²) in [6.07, 6.45) is 3.95. The first-order valence-electron chi connectivity index (χ1n) is 10.7. The second-order valence-electron chi connectivity index (χ2n) is 7.86. The summed E-state index contributed by atoms with van der Waals surface area (Å²) in [6.45, 7) is 6.50. The molecule has 1 aliphatic rings. The number of nitrogens with zero attached hydrogens (tertiary/aromatic N) is 4. The lowest BCUT2D eigenvalue weighted by molar-refractivity contribution is 0.177. The molecule has 0 saturated heterocycles. The van der Waals surface area contributed by atoms with Crippen molar-refractivity contribution in [2.24, 2.45) is 4.99 Å². The number of ether oxygens (including phenoxy) is 1. The van der Waals surface area contributed by atoms with Crippen LogP contribution in [0.5, 0.6) is 0 Å². The zero-order valence-electron chi connectivity index (χ0n) is 18.8. The highest BCUT2D eigenvalue weighted by Crippen LogP contribution is 2.31. The van der Waals surface area contributed by atoms with E-state index < -0.39 is 0 Å². The fraction of sp³-hybridized carbons (Fsp3) is 0.591. The normalized spacial score (nSPS) is 16.4. The summed E-state index contributed by atoms with van der Waals surface area (Å²) in [4.78, 5) is 9.01. The Kier molecular flexibility index (Phi) is 10.0. The van der Waals surface area contributed by atoms with Crippen molar-refractivity contribution in [2.45, 2.75) is 64.1 Å². The molecule has 0 fully saturated rings. The maximum absolute atomic E-state index is 6.10. The van der Waals surface area contributed by atoms with Crippen LogP contribution in [0.1, 0.15) is 50.3 Å². The van der Waals surface area contributed by atoms with E-state index in [1.165, 1.54) is 5.56 Å². The van der Waals surface area contributed by atoms with Gasteiger partial charge in [-0.05, 0) is 37.0 Å². The zero-order chi connectivity index (χ0) is 21.6. The van der Waals surface area contributed by atoms with Crippen LogP contribution in [-0.4, -0.2) is 47.5 Å². The van der Waals surface area contributed by atoms with E-state index in [1.807, 2.05) is 23.9 Å². The molecule has 0 aliphatic carbocycles. The smallest absolute Gasteiger partial charge is 0.191 e. The molecular formula is C22H34ClIN6O. The molecule has 9 heteroatoms. The minimum Gasteiger partial charge on any atom is -0.377 e. The number of rotatable bonds is 8. The highest BCUT2D eigenvalue weighted by molar-refractivity contribution is 14.0. The number of hydrogen-bond donors (Lipinski definition) is 2. The molecule has 1 aliphatic heterocycles. The minimum atomic E-state index is 0. The van der Waals surface area contributed by atoms with Crippen molar-refractivity contribution in [1.29, 1.82) is 0 Å². The van der Waals surface area contributed by atoms with Gasteiger partial charge in [0.25, 0.3) is 0 Å². The van der Waals surface area contributed by atoms with E-state index in [1.54, 1.807) is 7.11 Å². The van der Waals surface area contributed by atoms with Crippen molar-refractivity contribution in [3.8, 4) is 0 Å². The molecule has 1 unspecified atom stereocenters. The maximum atomic E-state index is 6.10. The Hall–Kier alpha value is -1.39. The van der Waals surface area contributed by atoms with Gasteiger partial charge < -0.3 is 15.4 Å². The summed E-state index contributed by atoms with van der Waals surface area (Å²) in [5, 5.41) is 12.4. The lowest BCUT2D eigenvalue weighted by Crippen LogP contribution is -2.50. The van der Waals surface area contributed by atoms with Crippen LogP contribution >= 0.6 is 35.6 Å². The van der Waals surface area contributed by atoms with E-state index in [4.69, 9.17) is 16.3 Å². The molecule has 2 N–H and O–H groups in total. The molecule has 0 radical (unpaired) electrons. The number of halogens is 2. The average Bonchev–Trinajstić information content (AvgIpc) is 3.16. The standard InChI is InChI=1S/C22H33ClN6O.HI/c1-5-22(6-2,16-7-9-17(23)10-8-16)15-25-21(24-3)26-18-11-12-20-27-19(14-30-4)28-29(20)13-18;/h7-10,18H,5-6,11-15H2,1-4H3,(H2,24,25,26);1H. The first kappa shape index (κ1) is 25.9. The largest absolute Gasteiger partial charge is 0.377 e. The van der Waals surface area contributed by atoms with Crippen LogP contribution in [-0.2, 0) is 29.7 Å². The first-order chi connectivity index (χ1) is 14.5. The number of guanidine groups is 1. The Labute approximate surface area is 207 Å². The number of fused-ring (bicyclic) bond motifs is 1. The van der Waals surface area contributed by atoms with E-state index in [9.17, 15) is 0 Å². The third-order valence-corrected chi connectivity index (χ3v) is 6.40. The molecule has 172 valence electrons. The molecule has 1 atom stereocenters. The molecule has 2 aromatic rings. The number of benzene rings is 1. The van der Waals surface area contributed by atoms with Gasteiger partial charge in [-0.2, -0.15) is 5.10 Å². The van der Waals surface area contributed by atoms with E-state index >= 15 is 0 Å². The summed E-state index contributed by atoms with van der Waals surface area (Å²) in [5.74, 6) is 2.59. The molecule has 1 aromatic carbocycles. The monoisotopic (exact) mass is 560 g/mol. The SMILES string of the molecule is CCC(CC)(CNC(=NC)NC1CCc2nc(COC)nn2C1)c1ccc(Cl)cc1.I. The van der Waals surface area contributed by atoms with Crippen LogP contribution in [0.25, 0.3) is 0 Å². The lowest BCUT2D eigenvalue weighted by atomic mass is 9.76. The first-order valence-corrected chi connectivity index (χ1v) is 11.1. The molecule has 1 aromatic heterocycles. The highest BCUT2D eigenvalue weighted by Gasteiger charge is 2.29. The van der Waals surface area contributed by atoms with Gasteiger partial charge in [-0.25, -0.2) is 9.67 Å². The number of aliphatic imine (C=N–C) groups is 1. The van der Waals surface area contributed by atoms with Gasteiger partial charge in [0.1, 0.15) is 12.4 Å². The Balaban J connectivity index is 0.00000341. The summed E-state index contributed by atoms with van der Waals surface area (Å²) < 4.78 is 7.14. The molecular weight excluding hydrogens is 527 g/mol. The van der Waals surface area contributed by atoms with Crippen molar-refractivity contribution in [3.05, 3.63) is 46.5 Å². The van der Waals surface area contributed by atoms with Gasteiger partial charge >= 0.3 is 0 Å². The summed E-state index contributed by atoms with van der Waals surface area (Å²) in [6, 6.07) is 8.48. The molecule has 0 bridgehead atoms. The van der Waals surface area contributed by atoms with Crippen molar-refractivity contribution in [1.82, 2.24) is 25.4 Å². The third-order valence-electron chi connectivity index (χ3n) is 6.14. The number of hydrogen-bond acceptors (Lipinski definition) is 4. The minimum absolute atomic E-state index is 0. The summed E-state index contributed by atoms with van der Waals surface area (Å²) in [7, 11) is 3.48. The van der Waals surface area contributed by atoms with Crippen LogP contribution in [0.15, 0.2) is 29.3 Å². The van der Waals surface area contributed by atoms with E-state index in [-0.39, 0.29) is 35.4 Å². The van der Waals surface area contributed by atoms with Crippen LogP contribution in [0.2, 0.25) is 5.02 Å². The lowest BCUT2D eigenvalue weighted by Gasteiger charge is -2.34. The van der Waals surface area contributed by atoms with Crippen molar-refractivity contribution < 1.29 is 4.74 Å². The Morgan fingerprint density at radius 2 is 2.00 bits per heavy atom. The zero-order valence-corrected chi connectivity index (χ0v) is 21.9. The Morgan fingerprint density at radius 3 is 2.61 bits per heavy atom. The number of aromatic nitrogens is 3. The third kappa shape index (κ3) is 6.32. The fourth-order valence-electron chi connectivity index (χ4n) is 4.12. The molecule has 3 rings (SSSR count). The van der Waals surface area contributed by atoms with Crippen molar-refractivity contribution in [2.75, 3.05) is 20.7 Å². The Bertz CT molecular complexity index is 850. The van der Waals surface area contributed by atoms with Gasteiger partial charge in [0.2, 0.25) is 0 Å². The molecule has 2 heterocycles. The summed E-state index contributed by atoms with van der Waals surface area (Å²) in [5.41, 5.74) is 1.33. The van der Waals surface area contributed by atoms with Gasteiger partial charge in [0, 0.05) is 43.6 Å². The Morgan fingerprint density at radius 1 is 1.29 bits per heavy atom. The number of aryl methyl sites for hydroxylation is 1. The van der Waals surface area contributed by atoms with Gasteiger partial charge in [-0.15, -0.1) is 24.0 Å². The van der Waals surface area contributed by atoms with Crippen LogP contribution in [0.3, 0.4) is 0 Å². The average molecular weight is 561 g/mol. The summed E-state index contributed by atoms with van der Waals surface area (Å²) >= 11 is 6.10. The van der Waals surface area contributed by atoms with E-state index in [2.05, 4.69) is 51.7 Å². The second-order valence-corrected chi connectivity index (χ2v) is 8.30. The predicted molar refractivity (Wildman–Crippen MR) is 136 cm³/mol. The van der Waals surface area contributed by atoms with Crippen LogP contribution < -0.4 is 10.6 Å². The van der Waals surface area contributed by atoms with Crippen molar-refractivity contribution in [3.63, 3.8) is 0 Å². The maximum Gasteiger partial charge on any atom is 0.191 e. The number of methoxy groups -OCH3 is 1. The van der Waals surface area contributed by atoms with E-state index in [0.717, 1.165) is 61.4 Å². The molecule has 0 saturated carbocycles. The topological polar surface area (TPSA) is 76.4 Å². The molecule has 7 nitrogen and oxygen atoms in total. The van der Waals surface area contributed by atoms with Gasteiger partial charge in [0.15, 0.2) is 11.8 Å². The molecule has 0 spiro atoms. The quantitative estimate of drug-likeness (QED) is 0.291. The number of nitrogens with one attached hydrogen (secondary N) is 2.